The summed E-state index contributed by atoms with van der Waals surface area (Å²) in [6, 6.07) is 4.91. The third-order valence-electron chi connectivity index (χ3n) is 3.25. The summed E-state index contributed by atoms with van der Waals surface area (Å²) in [6.07, 6.45) is 3.51. The van der Waals surface area contributed by atoms with Crippen molar-refractivity contribution in [3.05, 3.63) is 28.8 Å². The lowest BCUT2D eigenvalue weighted by atomic mass is 10.00. The third-order valence-corrected chi connectivity index (χ3v) is 3.25. The molecule has 0 aliphatic carbocycles. The zero-order chi connectivity index (χ0) is 13.5. The molecule has 0 saturated carbocycles. The molecule has 1 rings (SSSR count). The van der Waals surface area contributed by atoms with Gasteiger partial charge in [0.05, 0.1) is 7.11 Å². The second-order valence-electron chi connectivity index (χ2n) is 5.19. The average Bonchev–Trinajstić information content (AvgIpc) is 2.28. The van der Waals surface area contributed by atoms with Crippen LogP contribution in [0.3, 0.4) is 0 Å². The maximum atomic E-state index is 5.53. The summed E-state index contributed by atoms with van der Waals surface area (Å²) in [7, 11) is 1.76. The van der Waals surface area contributed by atoms with Gasteiger partial charge in [-0.2, -0.15) is 0 Å². The van der Waals surface area contributed by atoms with Gasteiger partial charge >= 0.3 is 0 Å². The largest absolute Gasteiger partial charge is 0.496 e. The van der Waals surface area contributed by atoms with E-state index in [0.717, 1.165) is 18.7 Å². The Morgan fingerprint density at radius 2 is 2.00 bits per heavy atom. The average molecular weight is 249 g/mol. The number of hydrogen-bond donors (Lipinski definition) is 1. The molecule has 1 aromatic carbocycles. The Morgan fingerprint density at radius 1 is 1.28 bits per heavy atom. The Labute approximate surface area is 112 Å². The second kappa shape index (κ2) is 7.42. The fraction of sp³-hybridized carbons (Fsp3) is 0.625. The standard InChI is InChI=1S/C16H27NO/c1-6-7-8-17-14(4)11-15-10-12(2)9-13(3)16(15)18-5/h9-10,14,17H,6-8,11H2,1-5H3. The van der Waals surface area contributed by atoms with Gasteiger partial charge in [-0.05, 0) is 51.3 Å². The van der Waals surface area contributed by atoms with Gasteiger partial charge in [0, 0.05) is 6.04 Å². The van der Waals surface area contributed by atoms with Crippen LogP contribution in [0.15, 0.2) is 12.1 Å². The Hall–Kier alpha value is -1.02. The van der Waals surface area contributed by atoms with Crippen LogP contribution < -0.4 is 10.1 Å². The minimum atomic E-state index is 0.492. The van der Waals surface area contributed by atoms with Crippen LogP contribution in [0.2, 0.25) is 0 Å². The molecule has 18 heavy (non-hydrogen) atoms. The zero-order valence-corrected chi connectivity index (χ0v) is 12.5. The number of aryl methyl sites for hydroxylation is 2. The summed E-state index contributed by atoms with van der Waals surface area (Å²) in [5.74, 6) is 1.05. The zero-order valence-electron chi connectivity index (χ0n) is 12.5. The molecule has 0 amide bonds. The van der Waals surface area contributed by atoms with Crippen molar-refractivity contribution in [3.63, 3.8) is 0 Å². The maximum Gasteiger partial charge on any atom is 0.125 e. The van der Waals surface area contributed by atoms with E-state index in [1.165, 1.54) is 29.5 Å². The molecule has 0 aliphatic heterocycles. The second-order valence-corrected chi connectivity index (χ2v) is 5.19. The lowest BCUT2D eigenvalue weighted by molar-refractivity contribution is 0.402. The highest BCUT2D eigenvalue weighted by atomic mass is 16.5. The topological polar surface area (TPSA) is 21.3 Å². The first-order valence-electron chi connectivity index (χ1n) is 6.96. The fourth-order valence-electron chi connectivity index (χ4n) is 2.41. The lowest BCUT2D eigenvalue weighted by Crippen LogP contribution is -2.29. The lowest BCUT2D eigenvalue weighted by Gasteiger charge is -2.17. The molecule has 0 radical (unpaired) electrons. The molecule has 0 heterocycles. The van der Waals surface area contributed by atoms with E-state index in [4.69, 9.17) is 4.74 Å². The number of unbranched alkanes of at least 4 members (excludes halogenated alkanes) is 1. The monoisotopic (exact) mass is 249 g/mol. The number of hydrogen-bond acceptors (Lipinski definition) is 2. The fourth-order valence-corrected chi connectivity index (χ4v) is 2.41. The van der Waals surface area contributed by atoms with Crippen molar-refractivity contribution in [2.24, 2.45) is 0 Å². The van der Waals surface area contributed by atoms with E-state index in [1.807, 2.05) is 0 Å². The molecule has 0 fully saturated rings. The van der Waals surface area contributed by atoms with Gasteiger partial charge in [-0.3, -0.25) is 0 Å². The number of nitrogens with one attached hydrogen (secondary N) is 1. The quantitative estimate of drug-likeness (QED) is 0.745. The van der Waals surface area contributed by atoms with Crippen LogP contribution in [0, 0.1) is 13.8 Å². The van der Waals surface area contributed by atoms with Crippen LogP contribution in [0.25, 0.3) is 0 Å². The van der Waals surface area contributed by atoms with Crippen molar-refractivity contribution >= 4 is 0 Å². The van der Waals surface area contributed by atoms with Crippen molar-refractivity contribution in [2.45, 2.75) is 53.0 Å². The molecular formula is C16H27NO. The molecule has 0 aromatic heterocycles. The number of rotatable bonds is 7. The van der Waals surface area contributed by atoms with Gasteiger partial charge in [0.2, 0.25) is 0 Å². The molecule has 102 valence electrons. The van der Waals surface area contributed by atoms with Crippen molar-refractivity contribution in [2.75, 3.05) is 13.7 Å². The SMILES string of the molecule is CCCCNC(C)Cc1cc(C)cc(C)c1OC. The number of methoxy groups -OCH3 is 1. The molecule has 0 saturated heterocycles. The first-order chi connectivity index (χ1) is 8.58. The van der Waals surface area contributed by atoms with Gasteiger partial charge in [0.15, 0.2) is 0 Å². The van der Waals surface area contributed by atoms with Crippen LogP contribution in [-0.4, -0.2) is 19.7 Å². The van der Waals surface area contributed by atoms with E-state index >= 15 is 0 Å². The van der Waals surface area contributed by atoms with Crippen LogP contribution in [0.1, 0.15) is 43.4 Å². The third kappa shape index (κ3) is 4.34. The van der Waals surface area contributed by atoms with Gasteiger partial charge in [0.25, 0.3) is 0 Å². The molecule has 1 atom stereocenters. The molecular weight excluding hydrogens is 222 g/mol. The van der Waals surface area contributed by atoms with E-state index in [-0.39, 0.29) is 0 Å². The van der Waals surface area contributed by atoms with Crippen molar-refractivity contribution in [1.29, 1.82) is 0 Å². The van der Waals surface area contributed by atoms with Gasteiger partial charge in [-0.1, -0.05) is 31.0 Å². The summed E-state index contributed by atoms with van der Waals surface area (Å²) < 4.78 is 5.53. The molecule has 0 aliphatic rings. The van der Waals surface area contributed by atoms with E-state index in [9.17, 15) is 0 Å². The Bertz CT molecular complexity index is 374. The van der Waals surface area contributed by atoms with Crippen LogP contribution >= 0.6 is 0 Å². The van der Waals surface area contributed by atoms with Crippen molar-refractivity contribution in [3.8, 4) is 5.75 Å². The summed E-state index contributed by atoms with van der Waals surface area (Å²) in [6.45, 7) is 9.83. The first-order valence-corrected chi connectivity index (χ1v) is 6.96. The molecule has 2 nitrogen and oxygen atoms in total. The van der Waals surface area contributed by atoms with Gasteiger partial charge < -0.3 is 10.1 Å². The van der Waals surface area contributed by atoms with Crippen LogP contribution in [-0.2, 0) is 6.42 Å². The Kier molecular flexibility index (Phi) is 6.20. The summed E-state index contributed by atoms with van der Waals surface area (Å²) in [4.78, 5) is 0. The Morgan fingerprint density at radius 3 is 2.61 bits per heavy atom. The molecule has 1 N–H and O–H groups in total. The summed E-state index contributed by atoms with van der Waals surface area (Å²) >= 11 is 0. The van der Waals surface area contributed by atoms with Gasteiger partial charge in [0.1, 0.15) is 5.75 Å². The number of ether oxygens (including phenoxy) is 1. The highest BCUT2D eigenvalue weighted by Gasteiger charge is 2.10. The normalized spacial score (nSPS) is 12.5. The van der Waals surface area contributed by atoms with E-state index in [0.29, 0.717) is 6.04 Å². The van der Waals surface area contributed by atoms with E-state index in [2.05, 4.69) is 45.1 Å². The maximum absolute atomic E-state index is 5.53. The van der Waals surface area contributed by atoms with Crippen LogP contribution in [0.4, 0.5) is 0 Å². The minimum absolute atomic E-state index is 0.492. The van der Waals surface area contributed by atoms with Gasteiger partial charge in [-0.25, -0.2) is 0 Å². The van der Waals surface area contributed by atoms with Crippen molar-refractivity contribution < 1.29 is 4.74 Å². The molecule has 2 heteroatoms. The molecule has 1 unspecified atom stereocenters. The summed E-state index contributed by atoms with van der Waals surface area (Å²) in [5.41, 5.74) is 3.85. The first kappa shape index (κ1) is 15.0. The highest BCUT2D eigenvalue weighted by molar-refractivity contribution is 5.44. The van der Waals surface area contributed by atoms with Gasteiger partial charge in [-0.15, -0.1) is 0 Å². The molecule has 0 bridgehead atoms. The smallest absolute Gasteiger partial charge is 0.125 e. The number of benzene rings is 1. The van der Waals surface area contributed by atoms with E-state index < -0.39 is 0 Å². The molecule has 1 aromatic rings. The minimum Gasteiger partial charge on any atom is -0.496 e. The van der Waals surface area contributed by atoms with E-state index in [1.54, 1.807) is 7.11 Å². The summed E-state index contributed by atoms with van der Waals surface area (Å²) in [5, 5.41) is 3.57. The van der Waals surface area contributed by atoms with Crippen LogP contribution in [0.5, 0.6) is 5.75 Å². The highest BCUT2D eigenvalue weighted by Crippen LogP contribution is 2.26. The Balaban J connectivity index is 2.70. The predicted molar refractivity (Wildman–Crippen MR) is 78.5 cm³/mol. The predicted octanol–water partition coefficient (Wildman–Crippen LogP) is 3.63. The van der Waals surface area contributed by atoms with Crippen molar-refractivity contribution in [1.82, 2.24) is 5.32 Å². The molecule has 0 spiro atoms.